The molecule has 0 atom stereocenters. The van der Waals surface area contributed by atoms with Crippen molar-refractivity contribution in [2.45, 2.75) is 6.92 Å². The number of nitrogens with zero attached hydrogens (tertiary/aromatic N) is 3. The molecule has 0 N–H and O–H groups in total. The number of allylic oxidation sites excluding steroid dienone is 2. The normalized spacial score (nSPS) is 14.9. The summed E-state index contributed by atoms with van der Waals surface area (Å²) < 4.78 is 9.03. The number of aliphatic imine (C=N–C) groups is 1. The molecule has 3 heterocycles. The monoisotopic (exact) mass is 631 g/mol. The highest BCUT2D eigenvalue weighted by atomic mass is 16.3. The van der Waals surface area contributed by atoms with Crippen molar-refractivity contribution in [3.63, 3.8) is 0 Å². The maximum Gasteiger partial charge on any atom is 0.145 e. The highest BCUT2D eigenvalue weighted by Gasteiger charge is 2.24. The van der Waals surface area contributed by atoms with Crippen molar-refractivity contribution >= 4 is 61.6 Å². The molecule has 234 valence electrons. The van der Waals surface area contributed by atoms with Crippen molar-refractivity contribution in [2.24, 2.45) is 4.99 Å². The third-order valence-electron chi connectivity index (χ3n) is 9.57. The van der Waals surface area contributed by atoms with Gasteiger partial charge < -0.3 is 13.9 Å². The Labute approximate surface area is 284 Å². The lowest BCUT2D eigenvalue weighted by Gasteiger charge is -2.28. The van der Waals surface area contributed by atoms with Gasteiger partial charge in [-0.15, -0.1) is 0 Å². The van der Waals surface area contributed by atoms with Gasteiger partial charge in [-0.25, -0.2) is 4.99 Å². The van der Waals surface area contributed by atoms with E-state index < -0.39 is 0 Å². The van der Waals surface area contributed by atoms with Gasteiger partial charge in [-0.2, -0.15) is 0 Å². The van der Waals surface area contributed by atoms with Crippen LogP contribution in [0.5, 0.6) is 0 Å². The Hall–Kier alpha value is -6.39. The molecule has 0 unspecified atom stereocenters. The van der Waals surface area contributed by atoms with Gasteiger partial charge in [0, 0.05) is 40.0 Å². The number of rotatable bonds is 4. The summed E-state index contributed by atoms with van der Waals surface area (Å²) in [5.74, 6) is 0.852. The van der Waals surface area contributed by atoms with E-state index in [9.17, 15) is 0 Å². The van der Waals surface area contributed by atoms with Crippen LogP contribution in [0.1, 0.15) is 23.6 Å². The first-order valence-electron chi connectivity index (χ1n) is 16.7. The second kappa shape index (κ2) is 11.7. The molecule has 9 rings (SSSR count). The molecule has 0 bridgehead atoms. The summed E-state index contributed by atoms with van der Waals surface area (Å²) in [6.45, 7) is 2.09. The van der Waals surface area contributed by atoms with Crippen LogP contribution in [0.3, 0.4) is 0 Å². The van der Waals surface area contributed by atoms with Gasteiger partial charge in [-0.1, -0.05) is 115 Å². The Bertz CT molecular complexity index is 2730. The smallest absolute Gasteiger partial charge is 0.145 e. The van der Waals surface area contributed by atoms with Gasteiger partial charge in [0.05, 0.1) is 27.7 Å². The average molecular weight is 632 g/mol. The van der Waals surface area contributed by atoms with Crippen LogP contribution in [0.15, 0.2) is 167 Å². The molecule has 4 nitrogen and oxygen atoms in total. The van der Waals surface area contributed by atoms with E-state index in [4.69, 9.17) is 9.41 Å². The summed E-state index contributed by atoms with van der Waals surface area (Å²) in [7, 11) is 2.10. The number of aromatic nitrogens is 1. The SMILES string of the molecule is C\C=C(/C=c1/oc2ccccc2/c1=C1\N=C(c2ccccc2)c2ccccc2N1C)c1ccc2c(c1)c1ccccc1n2-c1ccccc1. The Morgan fingerprint density at radius 2 is 1.33 bits per heavy atom. The van der Waals surface area contributed by atoms with E-state index in [0.29, 0.717) is 0 Å². The fourth-order valence-electron chi connectivity index (χ4n) is 7.24. The topological polar surface area (TPSA) is 33.7 Å². The highest BCUT2D eigenvalue weighted by Crippen LogP contribution is 2.35. The summed E-state index contributed by atoms with van der Waals surface area (Å²) >= 11 is 0. The lowest BCUT2D eigenvalue weighted by molar-refractivity contribution is 0.575. The standard InChI is InChI=1S/C45H33N3O/c1-3-30(32-26-27-40-37(28-32)34-20-10-14-24-39(34)48(40)33-18-8-5-9-19-33)29-42-43(36-22-12-15-25-41(36)49-42)45-46-44(31-16-6-4-7-17-31)35-21-11-13-23-38(35)47(45)2/h3-29H,1-2H3/b30-3+,42-29+,45-43-. The number of benzene rings is 6. The molecule has 0 fully saturated rings. The van der Waals surface area contributed by atoms with Gasteiger partial charge in [0.15, 0.2) is 0 Å². The summed E-state index contributed by atoms with van der Waals surface area (Å²) in [5, 5.41) is 4.44. The van der Waals surface area contributed by atoms with E-state index in [-0.39, 0.29) is 0 Å². The van der Waals surface area contributed by atoms with Crippen LogP contribution in [-0.2, 0) is 0 Å². The fourth-order valence-corrected chi connectivity index (χ4v) is 7.24. The van der Waals surface area contributed by atoms with Gasteiger partial charge in [0.2, 0.25) is 0 Å². The molecule has 0 aliphatic carbocycles. The highest BCUT2D eigenvalue weighted by molar-refractivity contribution is 6.20. The van der Waals surface area contributed by atoms with Crippen LogP contribution < -0.4 is 15.5 Å². The number of para-hydroxylation sites is 4. The molecular weight excluding hydrogens is 599 g/mol. The molecular formula is C45H33N3O. The maximum absolute atomic E-state index is 6.69. The van der Waals surface area contributed by atoms with Gasteiger partial charge >= 0.3 is 0 Å². The van der Waals surface area contributed by atoms with Crippen LogP contribution in [0.25, 0.3) is 55.9 Å². The van der Waals surface area contributed by atoms with Crippen molar-refractivity contribution in [2.75, 3.05) is 11.9 Å². The summed E-state index contributed by atoms with van der Waals surface area (Å²) in [6.07, 6.45) is 4.34. The molecule has 0 radical (unpaired) electrons. The summed E-state index contributed by atoms with van der Waals surface area (Å²) in [4.78, 5) is 7.59. The van der Waals surface area contributed by atoms with E-state index in [1.54, 1.807) is 0 Å². The van der Waals surface area contributed by atoms with Crippen LogP contribution in [-0.4, -0.2) is 17.3 Å². The third-order valence-corrected chi connectivity index (χ3v) is 9.57. The first kappa shape index (κ1) is 28.8. The molecule has 1 aliphatic rings. The van der Waals surface area contributed by atoms with Crippen molar-refractivity contribution < 1.29 is 4.42 Å². The van der Waals surface area contributed by atoms with E-state index >= 15 is 0 Å². The second-order valence-corrected chi connectivity index (χ2v) is 12.4. The fraction of sp³-hybridized carbons (Fsp3) is 0.0444. The lowest BCUT2D eigenvalue weighted by Crippen LogP contribution is -2.34. The quantitative estimate of drug-likeness (QED) is 0.194. The number of anilines is 1. The summed E-state index contributed by atoms with van der Waals surface area (Å²) in [5.41, 5.74) is 11.6. The molecule has 0 spiro atoms. The molecule has 1 aliphatic heterocycles. The number of fused-ring (bicyclic) bond motifs is 5. The van der Waals surface area contributed by atoms with Gasteiger partial charge in [0.25, 0.3) is 0 Å². The van der Waals surface area contributed by atoms with Gasteiger partial charge in [-0.3, -0.25) is 0 Å². The van der Waals surface area contributed by atoms with Crippen molar-refractivity contribution in [3.05, 3.63) is 185 Å². The zero-order valence-corrected chi connectivity index (χ0v) is 27.3. The first-order chi connectivity index (χ1) is 24.2. The maximum atomic E-state index is 6.69. The molecule has 2 aromatic heterocycles. The molecule has 0 saturated carbocycles. The minimum absolute atomic E-state index is 0.776. The van der Waals surface area contributed by atoms with E-state index in [0.717, 1.165) is 66.8 Å². The Balaban J connectivity index is 1.29. The van der Waals surface area contributed by atoms with Gasteiger partial charge in [0.1, 0.15) is 16.8 Å². The minimum atomic E-state index is 0.776. The van der Waals surface area contributed by atoms with Crippen molar-refractivity contribution in [1.82, 2.24) is 4.57 Å². The van der Waals surface area contributed by atoms with Crippen molar-refractivity contribution in [1.29, 1.82) is 0 Å². The average Bonchev–Trinajstić information content (AvgIpc) is 3.70. The zero-order valence-electron chi connectivity index (χ0n) is 27.3. The second-order valence-electron chi connectivity index (χ2n) is 12.4. The minimum Gasteiger partial charge on any atom is -0.456 e. The molecule has 6 aromatic carbocycles. The van der Waals surface area contributed by atoms with E-state index in [1.807, 2.05) is 18.2 Å². The first-order valence-corrected chi connectivity index (χ1v) is 16.7. The predicted molar refractivity (Wildman–Crippen MR) is 205 cm³/mol. The number of furan rings is 1. The largest absolute Gasteiger partial charge is 0.456 e. The Morgan fingerprint density at radius 1 is 0.653 bits per heavy atom. The third kappa shape index (κ3) is 4.72. The van der Waals surface area contributed by atoms with Crippen LogP contribution in [0, 0.1) is 0 Å². The molecule has 4 heteroatoms. The van der Waals surface area contributed by atoms with Crippen LogP contribution in [0.4, 0.5) is 5.69 Å². The van der Waals surface area contributed by atoms with E-state index in [2.05, 4.69) is 169 Å². The van der Waals surface area contributed by atoms with Gasteiger partial charge in [-0.05, 0) is 66.6 Å². The van der Waals surface area contributed by atoms with E-state index in [1.165, 1.54) is 21.8 Å². The Kier molecular flexibility index (Phi) is 6.87. The van der Waals surface area contributed by atoms with Crippen LogP contribution >= 0.6 is 0 Å². The molecule has 0 amide bonds. The Morgan fingerprint density at radius 3 is 2.14 bits per heavy atom. The molecule has 0 saturated heterocycles. The zero-order chi connectivity index (χ0) is 32.9. The van der Waals surface area contributed by atoms with Crippen LogP contribution in [0.2, 0.25) is 0 Å². The lowest BCUT2D eigenvalue weighted by atomic mass is 9.98. The molecule has 49 heavy (non-hydrogen) atoms. The molecule has 8 aromatic rings. The summed E-state index contributed by atoms with van der Waals surface area (Å²) in [6, 6.07) is 53.2. The number of hydrogen-bond acceptors (Lipinski definition) is 3. The predicted octanol–water partition coefficient (Wildman–Crippen LogP) is 9.47. The number of hydrogen-bond donors (Lipinski definition) is 0. The van der Waals surface area contributed by atoms with Crippen molar-refractivity contribution in [3.8, 4) is 5.69 Å².